The molecule has 0 aliphatic carbocycles. The lowest BCUT2D eigenvalue weighted by Crippen LogP contribution is -2.49. The molecule has 0 aliphatic heterocycles. The van der Waals surface area contributed by atoms with Crippen LogP contribution in [0.1, 0.15) is 57.4 Å². The fourth-order valence-electron chi connectivity index (χ4n) is 3.76. The van der Waals surface area contributed by atoms with Crippen LogP contribution < -0.4 is 0 Å². The zero-order chi connectivity index (χ0) is 23.7. The molecule has 0 saturated heterocycles. The topological polar surface area (TPSA) is 54.8 Å². The first-order valence-electron chi connectivity index (χ1n) is 11.6. The molecule has 1 aromatic heterocycles. The highest BCUT2D eigenvalue weighted by atomic mass is 16.5. The molecule has 32 heavy (non-hydrogen) atoms. The Kier molecular flexibility index (Phi) is 9.97. The van der Waals surface area contributed by atoms with Crippen LogP contribution in [-0.2, 0) is 27.4 Å². The molecule has 1 aromatic carbocycles. The molecule has 0 fully saturated rings. The molecule has 0 radical (unpaired) electrons. The van der Waals surface area contributed by atoms with Gasteiger partial charge in [0, 0.05) is 37.6 Å². The largest absolute Gasteiger partial charge is 0.375 e. The molecule has 1 heterocycles. The summed E-state index contributed by atoms with van der Waals surface area (Å²) < 4.78 is 7.24. The lowest BCUT2D eigenvalue weighted by Gasteiger charge is -2.34. The van der Waals surface area contributed by atoms with Gasteiger partial charge in [0.15, 0.2) is 0 Å². The molecule has 6 heteroatoms. The normalized spacial score (nSPS) is 12.9. The van der Waals surface area contributed by atoms with Gasteiger partial charge >= 0.3 is 0 Å². The fourth-order valence-corrected chi connectivity index (χ4v) is 3.76. The Morgan fingerprint density at radius 1 is 0.969 bits per heavy atom. The number of aromatic nitrogens is 1. The molecule has 6 nitrogen and oxygen atoms in total. The molecule has 0 bridgehead atoms. The van der Waals surface area contributed by atoms with Gasteiger partial charge in [-0.25, -0.2) is 0 Å². The highest BCUT2D eigenvalue weighted by molar-refractivity contribution is 5.85. The molecule has 2 aromatic rings. The number of ether oxygens (including phenoxy) is 1. The maximum Gasteiger partial charge on any atom is 0.249 e. The lowest BCUT2D eigenvalue weighted by atomic mass is 10.1. The number of amides is 2. The van der Waals surface area contributed by atoms with Crippen LogP contribution in [0.2, 0.25) is 0 Å². The zero-order valence-corrected chi connectivity index (χ0v) is 20.5. The second-order valence-electron chi connectivity index (χ2n) is 8.54. The molecule has 0 N–H and O–H groups in total. The second kappa shape index (κ2) is 12.4. The van der Waals surface area contributed by atoms with Crippen molar-refractivity contribution in [2.75, 3.05) is 20.3 Å². The molecule has 2 rings (SSSR count). The van der Waals surface area contributed by atoms with Crippen molar-refractivity contribution in [2.24, 2.45) is 0 Å². The summed E-state index contributed by atoms with van der Waals surface area (Å²) in [7, 11) is 1.50. The van der Waals surface area contributed by atoms with Crippen molar-refractivity contribution in [3.05, 3.63) is 59.4 Å². The number of hydrogen-bond donors (Lipinski definition) is 0. The van der Waals surface area contributed by atoms with Crippen molar-refractivity contribution in [3.8, 4) is 0 Å². The van der Waals surface area contributed by atoms with E-state index in [9.17, 15) is 9.59 Å². The minimum absolute atomic E-state index is 0.0137. The van der Waals surface area contributed by atoms with Crippen LogP contribution in [-0.4, -0.2) is 58.5 Å². The van der Waals surface area contributed by atoms with E-state index in [1.54, 1.807) is 4.90 Å². The van der Waals surface area contributed by atoms with Gasteiger partial charge in [-0.3, -0.25) is 9.59 Å². The van der Waals surface area contributed by atoms with Gasteiger partial charge in [0.05, 0.1) is 6.54 Å². The highest BCUT2D eigenvalue weighted by Crippen LogP contribution is 2.17. The molecule has 2 amide bonds. The van der Waals surface area contributed by atoms with E-state index in [0.717, 1.165) is 25.1 Å². The number of rotatable bonds is 12. The third-order valence-electron chi connectivity index (χ3n) is 6.32. The van der Waals surface area contributed by atoms with E-state index in [-0.39, 0.29) is 37.0 Å². The van der Waals surface area contributed by atoms with Crippen molar-refractivity contribution in [3.63, 3.8) is 0 Å². The van der Waals surface area contributed by atoms with Crippen molar-refractivity contribution in [2.45, 2.75) is 72.6 Å². The van der Waals surface area contributed by atoms with E-state index < -0.39 is 0 Å². The number of aryl methyl sites for hydroxylation is 1. The van der Waals surface area contributed by atoms with E-state index >= 15 is 0 Å². The number of hydrogen-bond acceptors (Lipinski definition) is 3. The first-order chi connectivity index (χ1) is 15.3. The van der Waals surface area contributed by atoms with Gasteiger partial charge in [0.1, 0.15) is 13.2 Å². The molecule has 2 unspecified atom stereocenters. The van der Waals surface area contributed by atoms with Crippen LogP contribution in [0.4, 0.5) is 0 Å². The monoisotopic (exact) mass is 441 g/mol. The number of nitrogens with zero attached hydrogens (tertiary/aromatic N) is 3. The molecule has 2 atom stereocenters. The number of carbonyl (C=O) groups is 2. The van der Waals surface area contributed by atoms with Crippen molar-refractivity contribution in [1.29, 1.82) is 0 Å². The quantitative estimate of drug-likeness (QED) is 0.495. The van der Waals surface area contributed by atoms with Crippen LogP contribution in [0.5, 0.6) is 0 Å². The molecule has 0 spiro atoms. The Bertz CT molecular complexity index is 877. The molecular formula is C26H39N3O3. The van der Waals surface area contributed by atoms with Gasteiger partial charge < -0.3 is 19.1 Å². The predicted octanol–water partition coefficient (Wildman–Crippen LogP) is 4.25. The van der Waals surface area contributed by atoms with E-state index in [1.165, 1.54) is 18.2 Å². The van der Waals surface area contributed by atoms with E-state index in [2.05, 4.69) is 55.8 Å². The lowest BCUT2D eigenvalue weighted by molar-refractivity contribution is -0.146. The Morgan fingerprint density at radius 2 is 1.62 bits per heavy atom. The maximum absolute atomic E-state index is 13.4. The van der Waals surface area contributed by atoms with Crippen LogP contribution in [0.25, 0.3) is 0 Å². The van der Waals surface area contributed by atoms with Crippen LogP contribution in [0.15, 0.2) is 42.6 Å². The third kappa shape index (κ3) is 6.70. The summed E-state index contributed by atoms with van der Waals surface area (Å²) in [5.74, 6) is -0.185. The zero-order valence-electron chi connectivity index (χ0n) is 20.5. The standard InChI is InChI=1S/C26H39N3O3/c1-7-21(4)28(25(30)18-29(22(5)8-2)26(31)19-32-6)17-24-14-11-15-27(24)16-23-13-10-9-12-20(23)3/h9-15,21-22H,7-8,16-19H2,1-6H3. The summed E-state index contributed by atoms with van der Waals surface area (Å²) in [6, 6.07) is 12.5. The predicted molar refractivity (Wildman–Crippen MR) is 128 cm³/mol. The Hall–Kier alpha value is -2.60. The smallest absolute Gasteiger partial charge is 0.249 e. The third-order valence-corrected chi connectivity index (χ3v) is 6.32. The van der Waals surface area contributed by atoms with Crippen molar-refractivity contribution < 1.29 is 14.3 Å². The number of methoxy groups -OCH3 is 1. The summed E-state index contributed by atoms with van der Waals surface area (Å²) in [6.45, 7) is 11.6. The average molecular weight is 442 g/mol. The Morgan fingerprint density at radius 3 is 2.25 bits per heavy atom. The summed E-state index contributed by atoms with van der Waals surface area (Å²) in [5, 5.41) is 0. The molecule has 176 valence electrons. The van der Waals surface area contributed by atoms with Crippen LogP contribution >= 0.6 is 0 Å². The maximum atomic E-state index is 13.4. The van der Waals surface area contributed by atoms with Gasteiger partial charge in [-0.2, -0.15) is 0 Å². The summed E-state index contributed by atoms with van der Waals surface area (Å²) in [6.07, 6.45) is 3.69. The van der Waals surface area contributed by atoms with Gasteiger partial charge in [-0.05, 0) is 56.9 Å². The Labute approximate surface area is 193 Å². The van der Waals surface area contributed by atoms with Crippen molar-refractivity contribution in [1.82, 2.24) is 14.4 Å². The van der Waals surface area contributed by atoms with Gasteiger partial charge in [-0.1, -0.05) is 38.1 Å². The van der Waals surface area contributed by atoms with Crippen LogP contribution in [0, 0.1) is 6.92 Å². The average Bonchev–Trinajstić information content (AvgIpc) is 3.22. The summed E-state index contributed by atoms with van der Waals surface area (Å²) in [4.78, 5) is 29.5. The second-order valence-corrected chi connectivity index (χ2v) is 8.54. The number of carbonyl (C=O) groups excluding carboxylic acids is 2. The van der Waals surface area contributed by atoms with Crippen molar-refractivity contribution >= 4 is 11.8 Å². The van der Waals surface area contributed by atoms with Gasteiger partial charge in [0.25, 0.3) is 0 Å². The summed E-state index contributed by atoms with van der Waals surface area (Å²) in [5.41, 5.74) is 3.60. The Balaban J connectivity index is 2.22. The highest BCUT2D eigenvalue weighted by Gasteiger charge is 2.27. The van der Waals surface area contributed by atoms with Gasteiger partial charge in [-0.15, -0.1) is 0 Å². The summed E-state index contributed by atoms with van der Waals surface area (Å²) >= 11 is 0. The fraction of sp³-hybridized carbons (Fsp3) is 0.538. The first-order valence-corrected chi connectivity index (χ1v) is 11.6. The SMILES string of the molecule is CCC(C)N(CC(=O)N(Cc1cccn1Cc1ccccc1C)C(C)CC)C(=O)COC. The van der Waals surface area contributed by atoms with Gasteiger partial charge in [0.2, 0.25) is 11.8 Å². The molecule has 0 saturated carbocycles. The van der Waals surface area contributed by atoms with Crippen LogP contribution in [0.3, 0.4) is 0 Å². The minimum Gasteiger partial charge on any atom is -0.375 e. The molecular weight excluding hydrogens is 402 g/mol. The van der Waals surface area contributed by atoms with E-state index in [1.807, 2.05) is 30.9 Å². The van der Waals surface area contributed by atoms with E-state index in [0.29, 0.717) is 6.54 Å². The van der Waals surface area contributed by atoms with E-state index in [4.69, 9.17) is 4.74 Å². The molecule has 0 aliphatic rings. The number of benzene rings is 1. The minimum atomic E-state index is -0.151. The first kappa shape index (κ1) is 25.7.